The molecule has 146 valence electrons. The number of hydrogen-bond donors (Lipinski definition) is 1. The lowest BCUT2D eigenvalue weighted by Crippen LogP contribution is -2.33. The summed E-state index contributed by atoms with van der Waals surface area (Å²) in [5.74, 6) is 0.403. The summed E-state index contributed by atoms with van der Waals surface area (Å²) in [6.45, 7) is 4.14. The number of halogens is 2. The van der Waals surface area contributed by atoms with Gasteiger partial charge in [0.15, 0.2) is 5.16 Å². The fraction of sp³-hybridized carbons (Fsp3) is 0.250. The van der Waals surface area contributed by atoms with Gasteiger partial charge in [-0.25, -0.2) is 0 Å². The Hall–Kier alpha value is -2.02. The van der Waals surface area contributed by atoms with Gasteiger partial charge in [0.1, 0.15) is 6.33 Å². The lowest BCUT2D eigenvalue weighted by atomic mass is 9.96. The van der Waals surface area contributed by atoms with E-state index in [-0.39, 0.29) is 23.6 Å². The van der Waals surface area contributed by atoms with Gasteiger partial charge in [0.25, 0.3) is 0 Å². The van der Waals surface area contributed by atoms with E-state index < -0.39 is 0 Å². The molecule has 5 nitrogen and oxygen atoms in total. The van der Waals surface area contributed by atoms with Crippen molar-refractivity contribution in [1.82, 2.24) is 20.1 Å². The Labute approximate surface area is 178 Å². The summed E-state index contributed by atoms with van der Waals surface area (Å²) >= 11 is 13.4. The Bertz CT molecular complexity index is 943. The second-order valence-electron chi connectivity index (χ2n) is 6.59. The molecule has 1 N–H and O–H groups in total. The van der Waals surface area contributed by atoms with Crippen molar-refractivity contribution >= 4 is 40.9 Å². The predicted octanol–water partition coefficient (Wildman–Crippen LogP) is 5.18. The first-order valence-corrected chi connectivity index (χ1v) is 10.5. The standard InChI is InChI=1S/C20H20Cl2N4OS/c1-13(2)19(14-6-8-15(21)9-7-14)24-18(27)11-28-20-25-23-12-26(20)17-5-3-4-16(22)10-17/h3-10,12-13,19H,11H2,1-2H3,(H,24,27). The SMILES string of the molecule is CC(C)C(NC(=O)CSc1nncn1-c1cccc(Cl)c1)c1ccc(Cl)cc1. The quantitative estimate of drug-likeness (QED) is 0.520. The maximum absolute atomic E-state index is 12.6. The van der Waals surface area contributed by atoms with E-state index in [4.69, 9.17) is 23.2 Å². The summed E-state index contributed by atoms with van der Waals surface area (Å²) in [5.41, 5.74) is 1.88. The third-order valence-electron chi connectivity index (χ3n) is 4.15. The van der Waals surface area contributed by atoms with E-state index in [0.29, 0.717) is 15.2 Å². The van der Waals surface area contributed by atoms with Crippen molar-refractivity contribution in [3.05, 3.63) is 70.5 Å². The molecule has 0 aliphatic rings. The largest absolute Gasteiger partial charge is 0.348 e. The first kappa shape index (κ1) is 20.7. The number of nitrogens with zero attached hydrogens (tertiary/aromatic N) is 3. The second kappa shape index (κ2) is 9.45. The summed E-state index contributed by atoms with van der Waals surface area (Å²) in [7, 11) is 0. The minimum absolute atomic E-state index is 0.0701. The first-order valence-electron chi connectivity index (χ1n) is 8.77. The minimum Gasteiger partial charge on any atom is -0.348 e. The molecule has 0 saturated heterocycles. The van der Waals surface area contributed by atoms with Crippen molar-refractivity contribution in [2.45, 2.75) is 25.0 Å². The van der Waals surface area contributed by atoms with Gasteiger partial charge in [0.2, 0.25) is 5.91 Å². The normalized spacial score (nSPS) is 12.2. The molecule has 0 bridgehead atoms. The zero-order valence-corrected chi connectivity index (χ0v) is 17.8. The van der Waals surface area contributed by atoms with Crippen molar-refractivity contribution in [3.63, 3.8) is 0 Å². The van der Waals surface area contributed by atoms with Crippen LogP contribution in [0.3, 0.4) is 0 Å². The van der Waals surface area contributed by atoms with Crippen molar-refractivity contribution in [3.8, 4) is 5.69 Å². The molecule has 0 spiro atoms. The van der Waals surface area contributed by atoms with Crippen LogP contribution in [-0.4, -0.2) is 26.4 Å². The van der Waals surface area contributed by atoms with Gasteiger partial charge < -0.3 is 5.32 Å². The summed E-state index contributed by atoms with van der Waals surface area (Å²) in [4.78, 5) is 12.6. The van der Waals surface area contributed by atoms with Crippen molar-refractivity contribution in [1.29, 1.82) is 0 Å². The Morgan fingerprint density at radius 3 is 2.57 bits per heavy atom. The molecule has 0 aliphatic carbocycles. The molecule has 8 heteroatoms. The van der Waals surface area contributed by atoms with Crippen LogP contribution < -0.4 is 5.32 Å². The van der Waals surface area contributed by atoms with Crippen LogP contribution >= 0.6 is 35.0 Å². The lowest BCUT2D eigenvalue weighted by Gasteiger charge is -2.23. The molecular formula is C20H20Cl2N4OS. The smallest absolute Gasteiger partial charge is 0.230 e. The van der Waals surface area contributed by atoms with Crippen LogP contribution in [0.1, 0.15) is 25.5 Å². The zero-order valence-electron chi connectivity index (χ0n) is 15.5. The van der Waals surface area contributed by atoms with E-state index in [1.165, 1.54) is 11.8 Å². The predicted molar refractivity (Wildman–Crippen MR) is 114 cm³/mol. The highest BCUT2D eigenvalue weighted by molar-refractivity contribution is 7.99. The molecule has 0 fully saturated rings. The Morgan fingerprint density at radius 2 is 1.89 bits per heavy atom. The van der Waals surface area contributed by atoms with Gasteiger partial charge in [-0.1, -0.05) is 67.0 Å². The van der Waals surface area contributed by atoms with Crippen molar-refractivity contribution in [2.24, 2.45) is 5.92 Å². The number of amides is 1. The Balaban J connectivity index is 1.66. The maximum Gasteiger partial charge on any atom is 0.230 e. The average Bonchev–Trinajstić information content (AvgIpc) is 3.14. The number of carbonyl (C=O) groups excluding carboxylic acids is 1. The Kier molecular flexibility index (Phi) is 6.99. The van der Waals surface area contributed by atoms with Gasteiger partial charge in [0.05, 0.1) is 17.5 Å². The number of nitrogens with one attached hydrogen (secondary N) is 1. The number of benzene rings is 2. The van der Waals surface area contributed by atoms with E-state index in [2.05, 4.69) is 29.4 Å². The second-order valence-corrected chi connectivity index (χ2v) is 8.41. The monoisotopic (exact) mass is 434 g/mol. The molecule has 3 rings (SSSR count). The molecule has 1 aromatic heterocycles. The third-order valence-corrected chi connectivity index (χ3v) is 5.58. The molecule has 0 saturated carbocycles. The van der Waals surface area contributed by atoms with E-state index in [1.807, 2.05) is 47.0 Å². The van der Waals surface area contributed by atoms with Gasteiger partial charge >= 0.3 is 0 Å². The van der Waals surface area contributed by atoms with Crippen LogP contribution in [0.15, 0.2) is 60.0 Å². The molecule has 1 heterocycles. The van der Waals surface area contributed by atoms with Crippen LogP contribution in [0.5, 0.6) is 0 Å². The van der Waals surface area contributed by atoms with E-state index in [1.54, 1.807) is 12.4 Å². The molecular weight excluding hydrogens is 415 g/mol. The van der Waals surface area contributed by atoms with Gasteiger partial charge in [-0.3, -0.25) is 9.36 Å². The van der Waals surface area contributed by atoms with Gasteiger partial charge in [-0.15, -0.1) is 10.2 Å². The topological polar surface area (TPSA) is 59.8 Å². The van der Waals surface area contributed by atoms with Crippen LogP contribution in [0.4, 0.5) is 0 Å². The lowest BCUT2D eigenvalue weighted by molar-refractivity contribution is -0.119. The van der Waals surface area contributed by atoms with E-state index >= 15 is 0 Å². The number of carbonyl (C=O) groups is 1. The van der Waals surface area contributed by atoms with E-state index in [9.17, 15) is 4.79 Å². The molecule has 1 unspecified atom stereocenters. The summed E-state index contributed by atoms with van der Waals surface area (Å²) in [6.07, 6.45) is 1.61. The van der Waals surface area contributed by atoms with Crippen LogP contribution in [0.25, 0.3) is 5.69 Å². The summed E-state index contributed by atoms with van der Waals surface area (Å²) in [5, 5.41) is 13.1. The highest BCUT2D eigenvalue weighted by Crippen LogP contribution is 2.25. The number of thioether (sulfide) groups is 1. The fourth-order valence-electron chi connectivity index (χ4n) is 2.78. The highest BCUT2D eigenvalue weighted by Gasteiger charge is 2.19. The van der Waals surface area contributed by atoms with E-state index in [0.717, 1.165) is 11.3 Å². The maximum atomic E-state index is 12.6. The van der Waals surface area contributed by atoms with Crippen LogP contribution in [0.2, 0.25) is 10.0 Å². The fourth-order valence-corrected chi connectivity index (χ4v) is 3.83. The summed E-state index contributed by atoms with van der Waals surface area (Å²) < 4.78 is 1.81. The number of aromatic nitrogens is 3. The molecule has 3 aromatic rings. The van der Waals surface area contributed by atoms with Crippen molar-refractivity contribution < 1.29 is 4.79 Å². The minimum atomic E-state index is -0.0869. The first-order chi connectivity index (χ1) is 13.4. The highest BCUT2D eigenvalue weighted by atomic mass is 35.5. The molecule has 0 radical (unpaired) electrons. The van der Waals surface area contributed by atoms with Gasteiger partial charge in [0, 0.05) is 10.0 Å². The molecule has 2 aromatic carbocycles. The third kappa shape index (κ3) is 5.28. The molecule has 28 heavy (non-hydrogen) atoms. The number of hydrogen-bond acceptors (Lipinski definition) is 4. The molecule has 1 atom stereocenters. The Morgan fingerprint density at radius 1 is 1.14 bits per heavy atom. The van der Waals surface area contributed by atoms with Crippen LogP contribution in [0, 0.1) is 5.92 Å². The number of rotatable bonds is 7. The summed E-state index contributed by atoms with van der Waals surface area (Å²) in [6, 6.07) is 14.9. The van der Waals surface area contributed by atoms with Gasteiger partial charge in [-0.05, 0) is 41.8 Å². The van der Waals surface area contributed by atoms with Gasteiger partial charge in [-0.2, -0.15) is 0 Å². The molecule has 1 amide bonds. The van der Waals surface area contributed by atoms with Crippen LogP contribution in [-0.2, 0) is 4.79 Å². The molecule has 0 aliphatic heterocycles. The average molecular weight is 435 g/mol. The zero-order chi connectivity index (χ0) is 20.1. The van der Waals surface area contributed by atoms with Crippen molar-refractivity contribution in [2.75, 3.05) is 5.75 Å².